The fraction of sp³-hybridized carbons (Fsp3) is 0.636. The molecule has 0 bridgehead atoms. The van der Waals surface area contributed by atoms with Crippen molar-refractivity contribution in [1.29, 1.82) is 0 Å². The summed E-state index contributed by atoms with van der Waals surface area (Å²) in [5, 5.41) is 9.06. The van der Waals surface area contributed by atoms with Crippen molar-refractivity contribution in [1.82, 2.24) is 9.55 Å². The van der Waals surface area contributed by atoms with E-state index in [9.17, 15) is 9.59 Å². The number of aromatic amines is 1. The molecule has 0 amide bonds. The van der Waals surface area contributed by atoms with Gasteiger partial charge in [-0.3, -0.25) is 9.78 Å². The van der Waals surface area contributed by atoms with E-state index >= 15 is 0 Å². The van der Waals surface area contributed by atoms with E-state index in [2.05, 4.69) is 4.98 Å². The van der Waals surface area contributed by atoms with Crippen LogP contribution in [0.2, 0.25) is 0 Å². The third-order valence-corrected chi connectivity index (χ3v) is 3.43. The van der Waals surface area contributed by atoms with E-state index in [-0.39, 0.29) is 17.9 Å². The Balaban J connectivity index is 2.19. The average Bonchev–Trinajstić information content (AvgIpc) is 2.20. The number of aliphatic hydroxyl groups excluding tert-OH is 1. The third kappa shape index (κ3) is 1.95. The van der Waals surface area contributed by atoms with Gasteiger partial charge in [-0.05, 0) is 31.6 Å². The molecule has 2 unspecified atom stereocenters. The van der Waals surface area contributed by atoms with Crippen molar-refractivity contribution in [2.24, 2.45) is 11.8 Å². The van der Waals surface area contributed by atoms with E-state index in [4.69, 9.17) is 5.11 Å². The molecule has 0 spiro atoms. The first-order chi connectivity index (χ1) is 7.61. The Morgan fingerprint density at radius 1 is 1.44 bits per heavy atom. The summed E-state index contributed by atoms with van der Waals surface area (Å²) in [5.74, 6) is 0.659. The summed E-state index contributed by atoms with van der Waals surface area (Å²) in [5.41, 5.74) is -0.146. The maximum atomic E-state index is 11.5. The first-order valence-electron chi connectivity index (χ1n) is 5.53. The minimum absolute atomic E-state index is 0.182. The van der Waals surface area contributed by atoms with Gasteiger partial charge in [-0.15, -0.1) is 0 Å². The molecule has 2 rings (SSSR count). The molecule has 5 heteroatoms. The fourth-order valence-corrected chi connectivity index (χ4v) is 2.13. The molecular weight excluding hydrogens is 208 g/mol. The Morgan fingerprint density at radius 3 is 2.69 bits per heavy atom. The lowest BCUT2D eigenvalue weighted by molar-refractivity contribution is 0.0778. The summed E-state index contributed by atoms with van der Waals surface area (Å²) in [6.45, 7) is 2.45. The van der Waals surface area contributed by atoms with Crippen LogP contribution in [0.1, 0.15) is 18.4 Å². The van der Waals surface area contributed by atoms with Gasteiger partial charge in [0.2, 0.25) is 0 Å². The van der Waals surface area contributed by atoms with Crippen LogP contribution in [-0.4, -0.2) is 21.3 Å². The predicted octanol–water partition coefficient (Wildman–Crippen LogP) is -0.136. The maximum absolute atomic E-state index is 11.5. The van der Waals surface area contributed by atoms with Crippen molar-refractivity contribution >= 4 is 0 Å². The van der Waals surface area contributed by atoms with Crippen LogP contribution in [0.4, 0.5) is 0 Å². The average molecular weight is 224 g/mol. The minimum atomic E-state index is -0.362. The van der Waals surface area contributed by atoms with Crippen molar-refractivity contribution in [3.05, 3.63) is 32.6 Å². The Labute approximate surface area is 92.7 Å². The zero-order valence-corrected chi connectivity index (χ0v) is 9.27. The summed E-state index contributed by atoms with van der Waals surface area (Å²) >= 11 is 0. The van der Waals surface area contributed by atoms with E-state index in [1.807, 2.05) is 0 Å². The maximum Gasteiger partial charge on any atom is 0.328 e. The second-order valence-corrected chi connectivity index (χ2v) is 4.50. The quantitative estimate of drug-likeness (QED) is 0.750. The highest BCUT2D eigenvalue weighted by Crippen LogP contribution is 2.34. The highest BCUT2D eigenvalue weighted by Gasteiger charge is 2.30. The van der Waals surface area contributed by atoms with Crippen LogP contribution in [0, 0.1) is 18.8 Å². The lowest BCUT2D eigenvalue weighted by atomic mass is 9.74. The van der Waals surface area contributed by atoms with E-state index in [1.165, 1.54) is 4.57 Å². The first kappa shape index (κ1) is 11.1. The molecule has 1 aromatic rings. The van der Waals surface area contributed by atoms with Gasteiger partial charge in [0.25, 0.3) is 5.56 Å². The lowest BCUT2D eigenvalue weighted by Gasteiger charge is -2.35. The number of nitrogens with one attached hydrogen (secondary N) is 1. The Hall–Kier alpha value is -1.36. The monoisotopic (exact) mass is 224 g/mol. The smallest absolute Gasteiger partial charge is 0.328 e. The van der Waals surface area contributed by atoms with Crippen molar-refractivity contribution < 1.29 is 5.11 Å². The van der Waals surface area contributed by atoms with Gasteiger partial charge in [0.1, 0.15) is 0 Å². The molecule has 1 aliphatic carbocycles. The molecule has 5 nitrogen and oxygen atoms in total. The zero-order chi connectivity index (χ0) is 11.7. The van der Waals surface area contributed by atoms with E-state index in [1.54, 1.807) is 13.1 Å². The number of aromatic nitrogens is 2. The van der Waals surface area contributed by atoms with Crippen molar-refractivity contribution in [2.45, 2.75) is 26.3 Å². The molecule has 0 aromatic carbocycles. The summed E-state index contributed by atoms with van der Waals surface area (Å²) < 4.78 is 1.53. The molecule has 88 valence electrons. The number of hydrogen-bond acceptors (Lipinski definition) is 3. The van der Waals surface area contributed by atoms with Crippen LogP contribution in [0.25, 0.3) is 0 Å². The largest absolute Gasteiger partial charge is 0.396 e. The molecule has 0 saturated heterocycles. The van der Waals surface area contributed by atoms with Crippen molar-refractivity contribution in [2.75, 3.05) is 6.61 Å². The van der Waals surface area contributed by atoms with E-state index in [0.29, 0.717) is 23.9 Å². The molecule has 2 N–H and O–H groups in total. The topological polar surface area (TPSA) is 75.1 Å². The van der Waals surface area contributed by atoms with Gasteiger partial charge >= 0.3 is 5.69 Å². The Kier molecular flexibility index (Phi) is 2.96. The van der Waals surface area contributed by atoms with Gasteiger partial charge in [-0.1, -0.05) is 0 Å². The molecule has 0 radical (unpaired) electrons. The zero-order valence-electron chi connectivity index (χ0n) is 9.27. The summed E-state index contributed by atoms with van der Waals surface area (Å²) in [6, 6.07) is 0. The molecule has 16 heavy (non-hydrogen) atoms. The van der Waals surface area contributed by atoms with Crippen LogP contribution in [0.15, 0.2) is 15.8 Å². The predicted molar refractivity (Wildman–Crippen MR) is 59.4 cm³/mol. The fourth-order valence-electron chi connectivity index (χ4n) is 2.13. The minimum Gasteiger partial charge on any atom is -0.396 e. The van der Waals surface area contributed by atoms with Crippen LogP contribution < -0.4 is 11.2 Å². The van der Waals surface area contributed by atoms with Gasteiger partial charge in [-0.25, -0.2) is 4.79 Å². The highest BCUT2D eigenvalue weighted by atomic mass is 16.3. The van der Waals surface area contributed by atoms with Crippen LogP contribution in [0.5, 0.6) is 0 Å². The van der Waals surface area contributed by atoms with E-state index < -0.39 is 0 Å². The number of rotatable bonds is 3. The van der Waals surface area contributed by atoms with Gasteiger partial charge in [0.05, 0.1) is 0 Å². The van der Waals surface area contributed by atoms with Crippen molar-refractivity contribution in [3.63, 3.8) is 0 Å². The van der Waals surface area contributed by atoms with Gasteiger partial charge in [-0.2, -0.15) is 0 Å². The number of nitrogens with zero attached hydrogens (tertiary/aromatic N) is 1. The SMILES string of the molecule is Cc1cn(CC2CCC2CO)c(=O)[nH]c1=O. The molecule has 1 fully saturated rings. The number of aryl methyl sites for hydroxylation is 1. The van der Waals surface area contributed by atoms with Gasteiger partial charge in [0.15, 0.2) is 0 Å². The summed E-state index contributed by atoms with van der Waals surface area (Å²) in [4.78, 5) is 25.0. The molecular formula is C11H16N2O3. The third-order valence-electron chi connectivity index (χ3n) is 3.43. The number of H-pyrrole nitrogens is 1. The second kappa shape index (κ2) is 4.25. The Bertz CT molecular complexity index is 487. The lowest BCUT2D eigenvalue weighted by Crippen LogP contribution is -2.38. The highest BCUT2D eigenvalue weighted by molar-refractivity contribution is 5.01. The van der Waals surface area contributed by atoms with Crippen LogP contribution in [0.3, 0.4) is 0 Å². The number of hydrogen-bond donors (Lipinski definition) is 2. The summed E-state index contributed by atoms with van der Waals surface area (Å²) in [6.07, 6.45) is 3.65. The molecule has 0 aliphatic heterocycles. The second-order valence-electron chi connectivity index (χ2n) is 4.50. The standard InChI is InChI=1S/C11H16N2O3/c1-7-4-13(11(16)12-10(7)15)5-8-2-3-9(8)6-14/h4,8-9,14H,2-3,5-6H2,1H3,(H,12,15,16). The van der Waals surface area contributed by atoms with Gasteiger partial charge < -0.3 is 9.67 Å². The van der Waals surface area contributed by atoms with Crippen molar-refractivity contribution in [3.8, 4) is 0 Å². The Morgan fingerprint density at radius 2 is 2.12 bits per heavy atom. The van der Waals surface area contributed by atoms with Gasteiger partial charge in [0, 0.05) is 24.9 Å². The van der Waals surface area contributed by atoms with Crippen LogP contribution in [-0.2, 0) is 6.54 Å². The molecule has 1 aliphatic rings. The molecule has 1 saturated carbocycles. The number of aliphatic hydroxyl groups is 1. The van der Waals surface area contributed by atoms with Crippen LogP contribution >= 0.6 is 0 Å². The van der Waals surface area contributed by atoms with E-state index in [0.717, 1.165) is 12.8 Å². The first-order valence-corrected chi connectivity index (χ1v) is 5.53. The summed E-state index contributed by atoms with van der Waals surface area (Å²) in [7, 11) is 0. The normalized spacial score (nSPS) is 24.1. The molecule has 2 atom stereocenters. The molecule has 1 heterocycles. The molecule has 1 aromatic heterocycles.